The average Bonchev–Trinajstić information content (AvgIpc) is 2.29. The lowest BCUT2D eigenvalue weighted by Gasteiger charge is -2.41. The van der Waals surface area contributed by atoms with Crippen LogP contribution in [0.1, 0.15) is 46.0 Å². The third-order valence-corrected chi connectivity index (χ3v) is 4.11. The van der Waals surface area contributed by atoms with Crippen LogP contribution >= 0.6 is 0 Å². The summed E-state index contributed by atoms with van der Waals surface area (Å²) < 4.78 is 0. The van der Waals surface area contributed by atoms with Gasteiger partial charge in [0.2, 0.25) is 11.8 Å². The van der Waals surface area contributed by atoms with Gasteiger partial charge in [-0.1, -0.05) is 13.8 Å². The van der Waals surface area contributed by atoms with E-state index in [-0.39, 0.29) is 24.3 Å². The molecule has 5 nitrogen and oxygen atoms in total. The Balaban J connectivity index is 2.01. The maximum Gasteiger partial charge on any atom is 0.242 e. The molecule has 0 bridgehead atoms. The second-order valence-corrected chi connectivity index (χ2v) is 6.28. The van der Waals surface area contributed by atoms with Crippen molar-refractivity contribution in [1.82, 2.24) is 10.2 Å². The first-order valence-electron chi connectivity index (χ1n) is 7.21. The van der Waals surface area contributed by atoms with E-state index in [1.54, 1.807) is 4.90 Å². The summed E-state index contributed by atoms with van der Waals surface area (Å²) in [5, 5.41) is 12.9. The lowest BCUT2D eigenvalue weighted by molar-refractivity contribution is -0.150. The minimum Gasteiger partial charge on any atom is -0.389 e. The van der Waals surface area contributed by atoms with Gasteiger partial charge >= 0.3 is 0 Å². The Hall–Kier alpha value is -1.10. The molecule has 2 fully saturated rings. The summed E-state index contributed by atoms with van der Waals surface area (Å²) in [6, 6.07) is -0.370. The molecule has 0 aromatic rings. The first kappa shape index (κ1) is 14.3. The summed E-state index contributed by atoms with van der Waals surface area (Å²) in [6.07, 6.45) is 3.23. The third kappa shape index (κ3) is 3.26. The molecule has 1 aliphatic carbocycles. The number of amides is 2. The van der Waals surface area contributed by atoms with Gasteiger partial charge in [-0.2, -0.15) is 0 Å². The summed E-state index contributed by atoms with van der Waals surface area (Å²) in [7, 11) is 0. The fourth-order valence-electron chi connectivity index (χ4n) is 2.84. The van der Waals surface area contributed by atoms with Gasteiger partial charge in [-0.15, -0.1) is 0 Å². The SMILES string of the molecule is CC(C)C[C@H]1C(=O)NCCN1C(=O)CC1(O)CCC1. The van der Waals surface area contributed by atoms with Crippen molar-refractivity contribution in [2.75, 3.05) is 13.1 Å². The van der Waals surface area contributed by atoms with Gasteiger partial charge in [0.15, 0.2) is 0 Å². The van der Waals surface area contributed by atoms with E-state index in [0.717, 1.165) is 6.42 Å². The molecule has 0 spiro atoms. The highest BCUT2D eigenvalue weighted by atomic mass is 16.3. The number of carbonyl (C=O) groups excluding carboxylic acids is 2. The smallest absolute Gasteiger partial charge is 0.242 e. The molecule has 5 heteroatoms. The van der Waals surface area contributed by atoms with Crippen LogP contribution in [0.2, 0.25) is 0 Å². The normalized spacial score (nSPS) is 26.0. The van der Waals surface area contributed by atoms with E-state index in [4.69, 9.17) is 0 Å². The van der Waals surface area contributed by atoms with Crippen LogP contribution < -0.4 is 5.32 Å². The Bertz CT molecular complexity index is 364. The zero-order valence-electron chi connectivity index (χ0n) is 11.8. The van der Waals surface area contributed by atoms with Gasteiger partial charge in [-0.3, -0.25) is 9.59 Å². The summed E-state index contributed by atoms with van der Waals surface area (Å²) in [5.41, 5.74) is -0.812. The van der Waals surface area contributed by atoms with Gasteiger partial charge in [-0.25, -0.2) is 0 Å². The predicted octanol–water partition coefficient (Wildman–Crippen LogP) is 0.665. The van der Waals surface area contributed by atoms with Crippen molar-refractivity contribution in [1.29, 1.82) is 0 Å². The number of piperazine rings is 1. The van der Waals surface area contributed by atoms with E-state index in [2.05, 4.69) is 5.32 Å². The zero-order chi connectivity index (χ0) is 14.0. The van der Waals surface area contributed by atoms with Crippen LogP contribution in [0.15, 0.2) is 0 Å². The van der Waals surface area contributed by atoms with Crippen LogP contribution in [0.25, 0.3) is 0 Å². The minimum atomic E-state index is -0.812. The maximum atomic E-state index is 12.3. The molecule has 108 valence electrons. The molecule has 1 saturated heterocycles. The second-order valence-electron chi connectivity index (χ2n) is 6.28. The topological polar surface area (TPSA) is 69.6 Å². The third-order valence-electron chi connectivity index (χ3n) is 4.11. The Labute approximate surface area is 114 Å². The van der Waals surface area contributed by atoms with E-state index in [1.165, 1.54) is 0 Å². The van der Waals surface area contributed by atoms with Crippen LogP contribution in [0.3, 0.4) is 0 Å². The van der Waals surface area contributed by atoms with Gasteiger partial charge in [0, 0.05) is 13.1 Å². The van der Waals surface area contributed by atoms with Crippen molar-refractivity contribution in [3.8, 4) is 0 Å². The second kappa shape index (κ2) is 5.49. The fourth-order valence-corrected chi connectivity index (χ4v) is 2.84. The largest absolute Gasteiger partial charge is 0.389 e. The van der Waals surface area contributed by atoms with Gasteiger partial charge in [0.25, 0.3) is 0 Å². The van der Waals surface area contributed by atoms with Gasteiger partial charge in [0.05, 0.1) is 12.0 Å². The molecular weight excluding hydrogens is 244 g/mol. The van der Waals surface area contributed by atoms with Crippen LogP contribution in [0, 0.1) is 5.92 Å². The molecule has 2 N–H and O–H groups in total. The van der Waals surface area contributed by atoms with Crippen LogP contribution in [0.4, 0.5) is 0 Å². The van der Waals surface area contributed by atoms with Crippen LogP contribution in [0.5, 0.6) is 0 Å². The van der Waals surface area contributed by atoms with Crippen molar-refractivity contribution in [3.05, 3.63) is 0 Å². The lowest BCUT2D eigenvalue weighted by atomic mass is 9.77. The molecule has 19 heavy (non-hydrogen) atoms. The van der Waals surface area contributed by atoms with Gasteiger partial charge in [-0.05, 0) is 31.6 Å². The molecule has 0 aromatic heterocycles. The number of aliphatic hydroxyl groups is 1. The Morgan fingerprint density at radius 2 is 2.21 bits per heavy atom. The number of carbonyl (C=O) groups is 2. The summed E-state index contributed by atoms with van der Waals surface area (Å²) >= 11 is 0. The number of hydrogen-bond acceptors (Lipinski definition) is 3. The van der Waals surface area contributed by atoms with Crippen molar-refractivity contribution in [3.63, 3.8) is 0 Å². The van der Waals surface area contributed by atoms with Gasteiger partial charge < -0.3 is 15.3 Å². The highest BCUT2D eigenvalue weighted by Gasteiger charge is 2.40. The van der Waals surface area contributed by atoms with Crippen LogP contribution in [-0.2, 0) is 9.59 Å². The monoisotopic (exact) mass is 268 g/mol. The van der Waals surface area contributed by atoms with Gasteiger partial charge in [0.1, 0.15) is 6.04 Å². The molecule has 0 radical (unpaired) electrons. The van der Waals surface area contributed by atoms with E-state index in [0.29, 0.717) is 38.3 Å². The number of hydrogen-bond donors (Lipinski definition) is 2. The Morgan fingerprint density at radius 1 is 1.53 bits per heavy atom. The lowest BCUT2D eigenvalue weighted by Crippen LogP contribution is -2.58. The van der Waals surface area contributed by atoms with Crippen molar-refractivity contribution in [2.45, 2.75) is 57.6 Å². The van der Waals surface area contributed by atoms with Crippen LogP contribution in [-0.4, -0.2) is 46.6 Å². The zero-order valence-corrected chi connectivity index (χ0v) is 11.8. The fraction of sp³-hybridized carbons (Fsp3) is 0.857. The molecule has 0 unspecified atom stereocenters. The number of nitrogens with one attached hydrogen (secondary N) is 1. The van der Waals surface area contributed by atoms with Crippen molar-refractivity contribution < 1.29 is 14.7 Å². The molecule has 1 heterocycles. The molecule has 0 aromatic carbocycles. The molecule has 1 aliphatic heterocycles. The maximum absolute atomic E-state index is 12.3. The quantitative estimate of drug-likeness (QED) is 0.787. The molecule has 2 aliphatic rings. The minimum absolute atomic E-state index is 0.0612. The summed E-state index contributed by atoms with van der Waals surface area (Å²) in [6.45, 7) is 5.16. The molecule has 1 saturated carbocycles. The predicted molar refractivity (Wildman–Crippen MR) is 71.4 cm³/mol. The van der Waals surface area contributed by atoms with E-state index < -0.39 is 5.60 Å². The molecule has 2 rings (SSSR count). The van der Waals surface area contributed by atoms with Crippen molar-refractivity contribution >= 4 is 11.8 Å². The summed E-state index contributed by atoms with van der Waals surface area (Å²) in [5.74, 6) is 0.215. The first-order chi connectivity index (χ1) is 8.91. The standard InChI is InChI=1S/C14H24N2O3/c1-10(2)8-11-13(18)15-6-7-16(11)12(17)9-14(19)4-3-5-14/h10-11,19H,3-9H2,1-2H3,(H,15,18)/t11-/m0/s1. The van der Waals surface area contributed by atoms with Crippen molar-refractivity contribution in [2.24, 2.45) is 5.92 Å². The summed E-state index contributed by atoms with van der Waals surface area (Å²) in [4.78, 5) is 25.9. The van der Waals surface area contributed by atoms with E-state index in [1.807, 2.05) is 13.8 Å². The molecular formula is C14H24N2O3. The average molecular weight is 268 g/mol. The molecule has 1 atom stereocenters. The Morgan fingerprint density at radius 3 is 2.74 bits per heavy atom. The number of rotatable bonds is 4. The Kier molecular flexibility index (Phi) is 4.13. The van der Waals surface area contributed by atoms with E-state index >= 15 is 0 Å². The first-order valence-corrected chi connectivity index (χ1v) is 7.21. The highest BCUT2D eigenvalue weighted by molar-refractivity contribution is 5.89. The molecule has 2 amide bonds. The van der Waals surface area contributed by atoms with E-state index in [9.17, 15) is 14.7 Å². The number of nitrogens with zero attached hydrogens (tertiary/aromatic N) is 1. The highest BCUT2D eigenvalue weighted by Crippen LogP contribution is 2.35.